The number of aryl methyl sites for hydroxylation is 1. The molecule has 0 aliphatic carbocycles. The van der Waals surface area contributed by atoms with Crippen molar-refractivity contribution in [1.29, 1.82) is 0 Å². The molecule has 1 heterocycles. The van der Waals surface area contributed by atoms with E-state index in [4.69, 9.17) is 5.11 Å². The molecule has 0 saturated heterocycles. The van der Waals surface area contributed by atoms with Crippen LogP contribution < -0.4 is 0 Å². The highest BCUT2D eigenvalue weighted by Crippen LogP contribution is 2.02. The van der Waals surface area contributed by atoms with Gasteiger partial charge in [0.15, 0.2) is 0 Å². The molecule has 0 fully saturated rings. The van der Waals surface area contributed by atoms with Crippen molar-refractivity contribution in [2.24, 2.45) is 0 Å². The third-order valence-corrected chi connectivity index (χ3v) is 1.29. The predicted octanol–water partition coefficient (Wildman–Crippen LogP) is 3.56. The maximum atomic E-state index is 8.63. The standard InChI is InChI=1S/C6H6O.C3H5N3.2C2H6/c7-6-4-2-1-3-5-6;1-3-4-2-5-6-3;2*1-2/h1-5,7H;2H,1H3,(H,4,5,6);2*1-2H3. The van der Waals surface area contributed by atoms with Gasteiger partial charge in [-0.3, -0.25) is 5.10 Å². The van der Waals surface area contributed by atoms with Crippen molar-refractivity contribution in [1.82, 2.24) is 15.2 Å². The lowest BCUT2D eigenvalue weighted by molar-refractivity contribution is 0.475. The summed E-state index contributed by atoms with van der Waals surface area (Å²) in [5, 5.41) is 14.9. The number of H-pyrrole nitrogens is 1. The van der Waals surface area contributed by atoms with Crippen LogP contribution in [0.1, 0.15) is 33.5 Å². The number of para-hydroxylation sites is 1. The Morgan fingerprint density at radius 3 is 1.71 bits per heavy atom. The molecule has 0 aliphatic heterocycles. The molecular formula is C13H23N3O. The quantitative estimate of drug-likeness (QED) is 0.736. The first-order valence-corrected chi connectivity index (χ1v) is 5.85. The Kier molecular flexibility index (Phi) is 14.6. The van der Waals surface area contributed by atoms with Gasteiger partial charge in [0.05, 0.1) is 0 Å². The maximum Gasteiger partial charge on any atom is 0.137 e. The van der Waals surface area contributed by atoms with Crippen LogP contribution in [0.2, 0.25) is 0 Å². The van der Waals surface area contributed by atoms with Crippen LogP contribution in [0.4, 0.5) is 0 Å². The SMILES string of the molecule is CC.CC.Cc1ncn[nH]1.Oc1ccccc1. The molecule has 4 heteroatoms. The zero-order valence-corrected chi connectivity index (χ0v) is 11.3. The minimum absolute atomic E-state index is 0.322. The topological polar surface area (TPSA) is 61.8 Å². The highest BCUT2D eigenvalue weighted by atomic mass is 16.3. The zero-order chi connectivity index (χ0) is 13.5. The van der Waals surface area contributed by atoms with Gasteiger partial charge < -0.3 is 5.11 Å². The normalized spacial score (nSPS) is 7.35. The van der Waals surface area contributed by atoms with Crippen molar-refractivity contribution < 1.29 is 5.11 Å². The summed E-state index contributed by atoms with van der Waals surface area (Å²) in [7, 11) is 0. The lowest BCUT2D eigenvalue weighted by Crippen LogP contribution is -1.68. The highest BCUT2D eigenvalue weighted by Gasteiger charge is 1.75. The molecular weight excluding hydrogens is 214 g/mol. The summed E-state index contributed by atoms with van der Waals surface area (Å²) in [6, 6.07) is 8.71. The van der Waals surface area contributed by atoms with Crippen LogP contribution in [-0.2, 0) is 0 Å². The fourth-order valence-corrected chi connectivity index (χ4v) is 0.695. The second-order valence-electron chi connectivity index (χ2n) is 2.41. The number of aromatic nitrogens is 3. The van der Waals surface area contributed by atoms with Crippen LogP contribution in [0.25, 0.3) is 0 Å². The molecule has 0 spiro atoms. The van der Waals surface area contributed by atoms with Gasteiger partial charge in [0, 0.05) is 0 Å². The van der Waals surface area contributed by atoms with Crippen molar-refractivity contribution in [3.63, 3.8) is 0 Å². The molecule has 2 N–H and O–H groups in total. The predicted molar refractivity (Wildman–Crippen MR) is 71.9 cm³/mol. The Morgan fingerprint density at radius 1 is 1.00 bits per heavy atom. The van der Waals surface area contributed by atoms with Crippen LogP contribution in [0, 0.1) is 6.92 Å². The number of benzene rings is 1. The minimum Gasteiger partial charge on any atom is -0.508 e. The van der Waals surface area contributed by atoms with Gasteiger partial charge in [-0.25, -0.2) is 4.98 Å². The molecule has 0 saturated carbocycles. The first kappa shape index (κ1) is 17.6. The third-order valence-electron chi connectivity index (χ3n) is 1.29. The van der Waals surface area contributed by atoms with E-state index in [0.29, 0.717) is 5.75 Å². The lowest BCUT2D eigenvalue weighted by atomic mass is 10.3. The highest BCUT2D eigenvalue weighted by molar-refractivity contribution is 5.18. The average Bonchev–Trinajstić information content (AvgIpc) is 2.87. The van der Waals surface area contributed by atoms with Gasteiger partial charge in [0.1, 0.15) is 17.9 Å². The Hall–Kier alpha value is -1.84. The summed E-state index contributed by atoms with van der Waals surface area (Å²) in [6.07, 6.45) is 1.48. The fourth-order valence-electron chi connectivity index (χ4n) is 0.695. The maximum absolute atomic E-state index is 8.63. The molecule has 0 atom stereocenters. The Labute approximate surface area is 104 Å². The van der Waals surface area contributed by atoms with E-state index in [1.54, 1.807) is 24.3 Å². The van der Waals surface area contributed by atoms with Crippen LogP contribution in [-0.4, -0.2) is 20.3 Å². The van der Waals surface area contributed by atoms with E-state index in [1.807, 2.05) is 40.7 Å². The van der Waals surface area contributed by atoms with E-state index >= 15 is 0 Å². The Balaban J connectivity index is 0. The molecule has 0 bridgehead atoms. The van der Waals surface area contributed by atoms with Crippen molar-refractivity contribution in [2.75, 3.05) is 0 Å². The van der Waals surface area contributed by atoms with E-state index < -0.39 is 0 Å². The van der Waals surface area contributed by atoms with Crippen LogP contribution in [0.5, 0.6) is 5.75 Å². The average molecular weight is 237 g/mol. The van der Waals surface area contributed by atoms with Crippen LogP contribution >= 0.6 is 0 Å². The molecule has 4 nitrogen and oxygen atoms in total. The van der Waals surface area contributed by atoms with Gasteiger partial charge in [0.2, 0.25) is 0 Å². The summed E-state index contributed by atoms with van der Waals surface area (Å²) in [4.78, 5) is 3.75. The van der Waals surface area contributed by atoms with Crippen molar-refractivity contribution in [3.8, 4) is 5.75 Å². The molecule has 1 aromatic carbocycles. The third kappa shape index (κ3) is 12.1. The van der Waals surface area contributed by atoms with Gasteiger partial charge in [0.25, 0.3) is 0 Å². The van der Waals surface area contributed by atoms with Crippen molar-refractivity contribution in [2.45, 2.75) is 34.6 Å². The first-order valence-electron chi connectivity index (χ1n) is 5.85. The van der Waals surface area contributed by atoms with E-state index in [2.05, 4.69) is 15.2 Å². The molecule has 2 aromatic rings. The molecule has 0 aliphatic rings. The molecule has 1 aromatic heterocycles. The fraction of sp³-hybridized carbons (Fsp3) is 0.385. The summed E-state index contributed by atoms with van der Waals surface area (Å²) in [6.45, 7) is 9.85. The van der Waals surface area contributed by atoms with Crippen LogP contribution in [0.3, 0.4) is 0 Å². The first-order chi connectivity index (χ1) is 8.29. The molecule has 0 unspecified atom stereocenters. The second-order valence-corrected chi connectivity index (χ2v) is 2.41. The minimum atomic E-state index is 0.322. The molecule has 17 heavy (non-hydrogen) atoms. The molecule has 96 valence electrons. The summed E-state index contributed by atoms with van der Waals surface area (Å²) in [5.74, 6) is 1.18. The number of aromatic amines is 1. The number of phenolic OH excluding ortho intramolecular Hbond substituents is 1. The summed E-state index contributed by atoms with van der Waals surface area (Å²) >= 11 is 0. The molecule has 2 rings (SSSR count). The smallest absolute Gasteiger partial charge is 0.137 e. The second kappa shape index (κ2) is 14.2. The number of phenols is 1. The molecule has 0 amide bonds. The summed E-state index contributed by atoms with van der Waals surface area (Å²) in [5.41, 5.74) is 0. The van der Waals surface area contributed by atoms with Gasteiger partial charge in [-0.15, -0.1) is 0 Å². The van der Waals surface area contributed by atoms with Gasteiger partial charge in [-0.2, -0.15) is 5.10 Å². The number of hydrogen-bond donors (Lipinski definition) is 2. The van der Waals surface area contributed by atoms with E-state index in [0.717, 1.165) is 5.82 Å². The van der Waals surface area contributed by atoms with Crippen molar-refractivity contribution in [3.05, 3.63) is 42.5 Å². The number of nitrogens with one attached hydrogen (secondary N) is 1. The summed E-state index contributed by atoms with van der Waals surface area (Å²) < 4.78 is 0. The lowest BCUT2D eigenvalue weighted by Gasteiger charge is -1.82. The Morgan fingerprint density at radius 2 is 1.53 bits per heavy atom. The number of nitrogens with zero attached hydrogens (tertiary/aromatic N) is 2. The van der Waals surface area contributed by atoms with Gasteiger partial charge in [-0.05, 0) is 19.1 Å². The van der Waals surface area contributed by atoms with E-state index in [9.17, 15) is 0 Å². The van der Waals surface area contributed by atoms with Gasteiger partial charge >= 0.3 is 0 Å². The van der Waals surface area contributed by atoms with E-state index in [-0.39, 0.29) is 0 Å². The number of rotatable bonds is 0. The molecule has 0 radical (unpaired) electrons. The van der Waals surface area contributed by atoms with E-state index in [1.165, 1.54) is 6.33 Å². The van der Waals surface area contributed by atoms with Crippen molar-refractivity contribution >= 4 is 0 Å². The van der Waals surface area contributed by atoms with Crippen LogP contribution in [0.15, 0.2) is 36.7 Å². The van der Waals surface area contributed by atoms with Gasteiger partial charge in [-0.1, -0.05) is 45.9 Å². The zero-order valence-electron chi connectivity index (χ0n) is 11.3. The number of aromatic hydroxyl groups is 1. The monoisotopic (exact) mass is 237 g/mol. The number of hydrogen-bond acceptors (Lipinski definition) is 3. The largest absolute Gasteiger partial charge is 0.508 e. The Bertz CT molecular complexity index is 320.